The molecule has 0 amide bonds. The zero-order valence-electron chi connectivity index (χ0n) is 14.2. The van der Waals surface area contributed by atoms with Crippen LogP contribution in [-0.4, -0.2) is 40.4 Å². The molecule has 0 radical (unpaired) electrons. The number of alkyl halides is 2. The molecule has 1 heterocycles. The lowest BCUT2D eigenvalue weighted by atomic mass is 10.0. The highest BCUT2D eigenvalue weighted by atomic mass is 19.3. The summed E-state index contributed by atoms with van der Waals surface area (Å²) in [7, 11) is 0.799. The van der Waals surface area contributed by atoms with Crippen LogP contribution in [0, 0.1) is 0 Å². The van der Waals surface area contributed by atoms with E-state index in [9.17, 15) is 23.5 Å². The van der Waals surface area contributed by atoms with Gasteiger partial charge < -0.3 is 14.6 Å². The first-order chi connectivity index (χ1) is 11.5. The number of nitrogens with zero attached hydrogens (tertiary/aromatic N) is 1. The van der Waals surface area contributed by atoms with Crippen LogP contribution < -0.4 is 0 Å². The number of para-hydroxylation sites is 1. The predicted molar refractivity (Wildman–Crippen MR) is 85.5 cm³/mol. The molecule has 2 aromatic rings. The second-order valence-electron chi connectivity index (χ2n) is 6.47. The topological polar surface area (TPSA) is 77.8 Å². The van der Waals surface area contributed by atoms with E-state index in [2.05, 4.69) is 4.74 Å². The summed E-state index contributed by atoms with van der Waals surface area (Å²) in [5.74, 6) is -6.04. The van der Waals surface area contributed by atoms with E-state index in [-0.39, 0.29) is 16.5 Å². The molecule has 136 valence electrons. The normalized spacial score (nSPS) is 13.6. The number of benzene rings is 1. The fourth-order valence-corrected chi connectivity index (χ4v) is 2.33. The summed E-state index contributed by atoms with van der Waals surface area (Å²) in [5.41, 5.74) is -0.805. The lowest BCUT2D eigenvalue weighted by molar-refractivity contribution is -0.186. The number of esters is 1. The summed E-state index contributed by atoms with van der Waals surface area (Å²) < 4.78 is 38.4. The average molecular weight is 355 g/mol. The quantitative estimate of drug-likeness (QED) is 0.855. The molecule has 0 fully saturated rings. The van der Waals surface area contributed by atoms with E-state index in [4.69, 9.17) is 4.74 Å². The Bertz CT molecular complexity index is 807. The average Bonchev–Trinajstić information content (AvgIpc) is 2.91. The van der Waals surface area contributed by atoms with Crippen molar-refractivity contribution in [1.82, 2.24) is 4.57 Å². The molecule has 0 aliphatic heterocycles. The van der Waals surface area contributed by atoms with Gasteiger partial charge in [-0.3, -0.25) is 4.57 Å². The van der Waals surface area contributed by atoms with E-state index in [1.54, 1.807) is 32.9 Å². The van der Waals surface area contributed by atoms with Crippen LogP contribution in [0.3, 0.4) is 0 Å². The second-order valence-corrected chi connectivity index (χ2v) is 6.47. The minimum Gasteiger partial charge on any atom is -0.464 e. The Hall–Kier alpha value is -2.48. The van der Waals surface area contributed by atoms with Crippen molar-refractivity contribution in [3.8, 4) is 0 Å². The Kier molecular flexibility index (Phi) is 4.85. The van der Waals surface area contributed by atoms with Crippen molar-refractivity contribution in [3.05, 3.63) is 36.0 Å². The van der Waals surface area contributed by atoms with Crippen molar-refractivity contribution in [2.45, 2.75) is 38.4 Å². The third-order valence-corrected chi connectivity index (χ3v) is 3.43. The van der Waals surface area contributed by atoms with Crippen molar-refractivity contribution in [1.29, 1.82) is 0 Å². The monoisotopic (exact) mass is 355 g/mol. The molecule has 1 aromatic carbocycles. The first-order valence-corrected chi connectivity index (χ1v) is 7.46. The molecular weight excluding hydrogens is 336 g/mol. The zero-order chi connectivity index (χ0) is 19.0. The molecule has 0 bridgehead atoms. The highest BCUT2D eigenvalue weighted by Crippen LogP contribution is 2.37. The molecule has 0 spiro atoms. The van der Waals surface area contributed by atoms with Crippen molar-refractivity contribution in [2.24, 2.45) is 0 Å². The maximum Gasteiger partial charge on any atom is 0.419 e. The van der Waals surface area contributed by atoms with E-state index >= 15 is 0 Å². The molecule has 8 heteroatoms. The van der Waals surface area contributed by atoms with Crippen molar-refractivity contribution in [3.63, 3.8) is 0 Å². The Morgan fingerprint density at radius 3 is 2.36 bits per heavy atom. The van der Waals surface area contributed by atoms with Gasteiger partial charge in [0, 0.05) is 17.1 Å². The van der Waals surface area contributed by atoms with E-state index in [1.165, 1.54) is 12.1 Å². The van der Waals surface area contributed by atoms with Gasteiger partial charge in [0.2, 0.25) is 0 Å². The molecule has 25 heavy (non-hydrogen) atoms. The van der Waals surface area contributed by atoms with E-state index in [0.717, 1.165) is 17.9 Å². The van der Waals surface area contributed by atoms with Crippen LogP contribution in [0.1, 0.15) is 32.4 Å². The summed E-state index contributed by atoms with van der Waals surface area (Å²) in [6, 6.07) is 6.15. The maximum atomic E-state index is 14.1. The number of hydrogen-bond donors (Lipinski definition) is 1. The first kappa shape index (κ1) is 18.9. The smallest absolute Gasteiger partial charge is 0.419 e. The standard InChI is InChI=1S/C17H19F2NO5/c1-16(2,3)25-15(23)20-9-11(10-7-5-6-8-12(10)20)13(21)17(18,19)14(22)24-4/h5-9,13,21H,1-4H3. The van der Waals surface area contributed by atoms with Crippen LogP contribution in [0.25, 0.3) is 10.9 Å². The van der Waals surface area contributed by atoms with Crippen LogP contribution in [0.4, 0.5) is 13.6 Å². The SMILES string of the molecule is COC(=O)C(F)(F)C(O)c1cn(C(=O)OC(C)(C)C)c2ccccc12. The van der Waals surface area contributed by atoms with E-state index in [1.807, 2.05) is 0 Å². The Balaban J connectivity index is 2.56. The molecule has 0 aliphatic rings. The minimum absolute atomic E-state index is 0.199. The second kappa shape index (κ2) is 6.44. The number of rotatable bonds is 3. The van der Waals surface area contributed by atoms with Gasteiger partial charge in [0.1, 0.15) is 5.60 Å². The Labute approximate surface area is 142 Å². The highest BCUT2D eigenvalue weighted by Gasteiger charge is 2.49. The summed E-state index contributed by atoms with van der Waals surface area (Å²) in [4.78, 5) is 23.6. The number of fused-ring (bicyclic) bond motifs is 1. The lowest BCUT2D eigenvalue weighted by Gasteiger charge is -2.20. The van der Waals surface area contributed by atoms with Crippen LogP contribution in [0.15, 0.2) is 30.5 Å². The van der Waals surface area contributed by atoms with Gasteiger partial charge in [-0.15, -0.1) is 0 Å². The minimum atomic E-state index is -4.17. The molecule has 6 nitrogen and oxygen atoms in total. The number of aliphatic hydroxyl groups is 1. The number of aliphatic hydroxyl groups excluding tert-OH is 1. The van der Waals surface area contributed by atoms with Gasteiger partial charge in [-0.05, 0) is 26.8 Å². The molecule has 1 atom stereocenters. The van der Waals surface area contributed by atoms with Gasteiger partial charge in [-0.25, -0.2) is 9.59 Å². The third kappa shape index (κ3) is 3.63. The van der Waals surface area contributed by atoms with Crippen molar-refractivity contribution >= 4 is 23.0 Å². The summed E-state index contributed by atoms with van der Waals surface area (Å²) in [6.07, 6.45) is -2.22. The predicted octanol–water partition coefficient (Wildman–Crippen LogP) is 3.27. The van der Waals surface area contributed by atoms with Crippen LogP contribution in [0.2, 0.25) is 0 Å². The largest absolute Gasteiger partial charge is 0.464 e. The summed E-state index contributed by atoms with van der Waals surface area (Å²) >= 11 is 0. The molecule has 0 aliphatic carbocycles. The number of carbonyl (C=O) groups is 2. The first-order valence-electron chi connectivity index (χ1n) is 7.46. The van der Waals surface area contributed by atoms with E-state index in [0.29, 0.717) is 0 Å². The van der Waals surface area contributed by atoms with Gasteiger partial charge in [-0.1, -0.05) is 18.2 Å². The molecule has 2 rings (SSSR count). The molecule has 1 aromatic heterocycles. The fourth-order valence-electron chi connectivity index (χ4n) is 2.33. The molecule has 0 saturated carbocycles. The van der Waals surface area contributed by atoms with Crippen molar-refractivity contribution < 1.29 is 33.0 Å². The lowest BCUT2D eigenvalue weighted by Crippen LogP contribution is -2.36. The number of methoxy groups -OCH3 is 1. The number of ether oxygens (including phenoxy) is 2. The van der Waals surface area contributed by atoms with Crippen LogP contribution in [0.5, 0.6) is 0 Å². The molecule has 1 unspecified atom stereocenters. The fraction of sp³-hybridized carbons (Fsp3) is 0.412. The Morgan fingerprint density at radius 2 is 1.80 bits per heavy atom. The number of halogens is 2. The summed E-state index contributed by atoms with van der Waals surface area (Å²) in [5, 5.41) is 10.3. The van der Waals surface area contributed by atoms with Gasteiger partial charge in [0.25, 0.3) is 0 Å². The van der Waals surface area contributed by atoms with Crippen LogP contribution in [-0.2, 0) is 14.3 Å². The van der Waals surface area contributed by atoms with Gasteiger partial charge in [0.15, 0.2) is 6.10 Å². The van der Waals surface area contributed by atoms with Gasteiger partial charge >= 0.3 is 18.0 Å². The number of hydrogen-bond acceptors (Lipinski definition) is 5. The van der Waals surface area contributed by atoms with Gasteiger partial charge in [0.05, 0.1) is 12.6 Å². The third-order valence-electron chi connectivity index (χ3n) is 3.43. The number of carbonyl (C=O) groups excluding carboxylic acids is 2. The summed E-state index contributed by atoms with van der Waals surface area (Å²) in [6.45, 7) is 4.99. The van der Waals surface area contributed by atoms with Crippen LogP contribution >= 0.6 is 0 Å². The molecule has 0 saturated heterocycles. The highest BCUT2D eigenvalue weighted by molar-refractivity contribution is 5.93. The number of aromatic nitrogens is 1. The Morgan fingerprint density at radius 1 is 1.20 bits per heavy atom. The maximum absolute atomic E-state index is 14.1. The van der Waals surface area contributed by atoms with Gasteiger partial charge in [-0.2, -0.15) is 8.78 Å². The molecule has 1 N–H and O–H groups in total. The van der Waals surface area contributed by atoms with Crippen molar-refractivity contribution in [2.75, 3.05) is 7.11 Å². The molecular formula is C17H19F2NO5. The van der Waals surface area contributed by atoms with E-state index < -0.39 is 29.7 Å². The zero-order valence-corrected chi connectivity index (χ0v) is 14.2.